The molecule has 0 aliphatic carbocycles. The van der Waals surface area contributed by atoms with Gasteiger partial charge in [-0.3, -0.25) is 4.98 Å². The zero-order valence-electron chi connectivity index (χ0n) is 8.27. The molecule has 1 N–H and O–H groups in total. The second-order valence-corrected chi connectivity index (χ2v) is 3.71. The molecule has 0 aromatic carbocycles. The summed E-state index contributed by atoms with van der Waals surface area (Å²) in [4.78, 5) is 4.24. The van der Waals surface area contributed by atoms with E-state index in [0.717, 1.165) is 12.1 Å². The molecule has 0 spiro atoms. The zero-order valence-corrected chi connectivity index (χ0v) is 8.27. The van der Waals surface area contributed by atoms with Gasteiger partial charge in [0.2, 0.25) is 0 Å². The maximum absolute atomic E-state index is 9.13. The van der Waals surface area contributed by atoms with Gasteiger partial charge in [0.25, 0.3) is 0 Å². The minimum atomic E-state index is 0.244. The third kappa shape index (κ3) is 3.15. The lowest BCUT2D eigenvalue weighted by Crippen LogP contribution is -2.16. The quantitative estimate of drug-likeness (QED) is 0.765. The molecule has 1 heterocycles. The van der Waals surface area contributed by atoms with Gasteiger partial charge in [0.05, 0.1) is 0 Å². The Morgan fingerprint density at radius 2 is 2.15 bits per heavy atom. The van der Waals surface area contributed by atoms with Crippen molar-refractivity contribution in [2.45, 2.75) is 20.3 Å². The lowest BCUT2D eigenvalue weighted by molar-refractivity contribution is 0.188. The Bertz CT molecular complexity index is 233. The number of aliphatic hydroxyl groups excluding tert-OH is 1. The van der Waals surface area contributed by atoms with Gasteiger partial charge in [0.1, 0.15) is 0 Å². The third-order valence-corrected chi connectivity index (χ3v) is 2.37. The first-order valence-electron chi connectivity index (χ1n) is 4.74. The first-order valence-corrected chi connectivity index (χ1v) is 4.74. The van der Waals surface area contributed by atoms with Crippen molar-refractivity contribution in [2.24, 2.45) is 11.8 Å². The molecule has 72 valence electrons. The van der Waals surface area contributed by atoms with Gasteiger partial charge in [-0.2, -0.15) is 0 Å². The van der Waals surface area contributed by atoms with E-state index in [0.29, 0.717) is 11.8 Å². The average Bonchev–Trinajstić information content (AvgIpc) is 2.15. The van der Waals surface area contributed by atoms with E-state index < -0.39 is 0 Å². The van der Waals surface area contributed by atoms with Crippen molar-refractivity contribution in [1.29, 1.82) is 0 Å². The second-order valence-electron chi connectivity index (χ2n) is 3.71. The van der Waals surface area contributed by atoms with E-state index in [-0.39, 0.29) is 6.61 Å². The van der Waals surface area contributed by atoms with Crippen LogP contribution in [0.4, 0.5) is 0 Å². The predicted octanol–water partition coefficient (Wildman–Crippen LogP) is 1.89. The van der Waals surface area contributed by atoms with Gasteiger partial charge in [-0.25, -0.2) is 0 Å². The van der Waals surface area contributed by atoms with Crippen molar-refractivity contribution in [2.75, 3.05) is 6.61 Å². The van der Waals surface area contributed by atoms with Crippen LogP contribution in [0.3, 0.4) is 0 Å². The number of rotatable bonds is 4. The number of hydrogen-bond donors (Lipinski definition) is 1. The van der Waals surface area contributed by atoms with Gasteiger partial charge in [-0.05, 0) is 30.4 Å². The van der Waals surface area contributed by atoms with Crippen LogP contribution in [0.25, 0.3) is 0 Å². The van der Waals surface area contributed by atoms with Crippen LogP contribution in [0.2, 0.25) is 0 Å². The minimum absolute atomic E-state index is 0.244. The van der Waals surface area contributed by atoms with E-state index in [1.54, 1.807) is 6.20 Å². The summed E-state index contributed by atoms with van der Waals surface area (Å²) in [6, 6.07) is 5.90. The fourth-order valence-corrected chi connectivity index (χ4v) is 1.30. The van der Waals surface area contributed by atoms with Crippen LogP contribution in [0.5, 0.6) is 0 Å². The van der Waals surface area contributed by atoms with E-state index >= 15 is 0 Å². The summed E-state index contributed by atoms with van der Waals surface area (Å²) in [7, 11) is 0. The molecule has 0 aliphatic heterocycles. The Kier molecular flexibility index (Phi) is 3.90. The summed E-state index contributed by atoms with van der Waals surface area (Å²) >= 11 is 0. The van der Waals surface area contributed by atoms with Gasteiger partial charge in [0.15, 0.2) is 0 Å². The van der Waals surface area contributed by atoms with Crippen LogP contribution in [-0.4, -0.2) is 16.7 Å². The Hall–Kier alpha value is -0.890. The molecule has 0 aliphatic rings. The highest BCUT2D eigenvalue weighted by Crippen LogP contribution is 2.14. The lowest BCUT2D eigenvalue weighted by atomic mass is 9.92. The monoisotopic (exact) mass is 179 g/mol. The molecule has 1 atom stereocenters. The Balaban J connectivity index is 2.57. The molecule has 1 rings (SSSR count). The highest BCUT2D eigenvalue weighted by atomic mass is 16.3. The van der Waals surface area contributed by atoms with Gasteiger partial charge >= 0.3 is 0 Å². The molecule has 0 radical (unpaired) electrons. The van der Waals surface area contributed by atoms with Crippen molar-refractivity contribution in [3.05, 3.63) is 30.1 Å². The molecule has 1 unspecified atom stereocenters. The van der Waals surface area contributed by atoms with Gasteiger partial charge in [0, 0.05) is 18.5 Å². The number of hydrogen-bond acceptors (Lipinski definition) is 2. The Labute approximate surface area is 79.6 Å². The lowest BCUT2D eigenvalue weighted by Gasteiger charge is -2.17. The predicted molar refractivity (Wildman–Crippen MR) is 53.4 cm³/mol. The molecule has 13 heavy (non-hydrogen) atoms. The van der Waals surface area contributed by atoms with Crippen LogP contribution in [-0.2, 0) is 6.42 Å². The summed E-state index contributed by atoms with van der Waals surface area (Å²) in [5, 5.41) is 9.13. The third-order valence-electron chi connectivity index (χ3n) is 2.37. The van der Waals surface area contributed by atoms with Gasteiger partial charge in [-0.1, -0.05) is 19.9 Å². The summed E-state index contributed by atoms with van der Waals surface area (Å²) in [5.41, 5.74) is 1.07. The first-order chi connectivity index (χ1) is 6.24. The maximum atomic E-state index is 9.13. The largest absolute Gasteiger partial charge is 0.396 e. The van der Waals surface area contributed by atoms with E-state index in [2.05, 4.69) is 18.8 Å². The van der Waals surface area contributed by atoms with Crippen molar-refractivity contribution >= 4 is 0 Å². The number of aliphatic hydroxyl groups is 1. The van der Waals surface area contributed by atoms with Crippen LogP contribution in [0.1, 0.15) is 19.5 Å². The SMILES string of the molecule is CC(C)C(CO)Cc1ccccn1. The Morgan fingerprint density at radius 3 is 2.62 bits per heavy atom. The Morgan fingerprint density at radius 1 is 1.38 bits per heavy atom. The minimum Gasteiger partial charge on any atom is -0.396 e. The average molecular weight is 179 g/mol. The summed E-state index contributed by atoms with van der Waals surface area (Å²) in [5.74, 6) is 0.835. The normalized spacial score (nSPS) is 13.2. The fraction of sp³-hybridized carbons (Fsp3) is 0.545. The molecule has 1 aromatic rings. The van der Waals surface area contributed by atoms with Crippen LogP contribution in [0, 0.1) is 11.8 Å². The summed E-state index contributed by atoms with van der Waals surface area (Å²) < 4.78 is 0. The molecule has 0 fully saturated rings. The van der Waals surface area contributed by atoms with Crippen molar-refractivity contribution in [3.8, 4) is 0 Å². The molecule has 0 bridgehead atoms. The zero-order chi connectivity index (χ0) is 9.68. The van der Waals surface area contributed by atoms with Crippen LogP contribution < -0.4 is 0 Å². The van der Waals surface area contributed by atoms with Crippen LogP contribution >= 0.6 is 0 Å². The molecule has 0 saturated carbocycles. The highest BCUT2D eigenvalue weighted by Gasteiger charge is 2.12. The van der Waals surface area contributed by atoms with Gasteiger partial charge in [-0.15, -0.1) is 0 Å². The van der Waals surface area contributed by atoms with E-state index in [1.165, 1.54) is 0 Å². The summed E-state index contributed by atoms with van der Waals surface area (Å²) in [6.07, 6.45) is 2.67. The van der Waals surface area contributed by atoms with Crippen molar-refractivity contribution in [3.63, 3.8) is 0 Å². The maximum Gasteiger partial charge on any atom is 0.0465 e. The van der Waals surface area contributed by atoms with Gasteiger partial charge < -0.3 is 5.11 Å². The molecular weight excluding hydrogens is 162 g/mol. The highest BCUT2D eigenvalue weighted by molar-refractivity contribution is 5.04. The second kappa shape index (κ2) is 4.97. The molecule has 2 heteroatoms. The topological polar surface area (TPSA) is 33.1 Å². The molecule has 1 aromatic heterocycles. The molecule has 2 nitrogen and oxygen atoms in total. The van der Waals surface area contributed by atoms with E-state index in [4.69, 9.17) is 5.11 Å². The number of nitrogens with zero attached hydrogens (tertiary/aromatic N) is 1. The smallest absolute Gasteiger partial charge is 0.0465 e. The number of aromatic nitrogens is 1. The first kappa shape index (κ1) is 10.2. The van der Waals surface area contributed by atoms with Crippen LogP contribution in [0.15, 0.2) is 24.4 Å². The molecule has 0 saturated heterocycles. The standard InChI is InChI=1S/C11H17NO/c1-9(2)10(8-13)7-11-5-3-4-6-12-11/h3-6,9-10,13H,7-8H2,1-2H3. The molecular formula is C11H17NO. The fourth-order valence-electron chi connectivity index (χ4n) is 1.30. The van der Waals surface area contributed by atoms with E-state index in [1.807, 2.05) is 18.2 Å². The molecule has 0 amide bonds. The van der Waals surface area contributed by atoms with E-state index in [9.17, 15) is 0 Å². The number of pyridine rings is 1. The van der Waals surface area contributed by atoms with Crippen molar-refractivity contribution < 1.29 is 5.11 Å². The summed E-state index contributed by atoms with van der Waals surface area (Å²) in [6.45, 7) is 4.50. The van der Waals surface area contributed by atoms with Crippen molar-refractivity contribution in [1.82, 2.24) is 4.98 Å².